The van der Waals surface area contributed by atoms with Gasteiger partial charge in [0.05, 0.1) is 5.52 Å². The van der Waals surface area contributed by atoms with Crippen molar-refractivity contribution in [3.63, 3.8) is 0 Å². The highest BCUT2D eigenvalue weighted by molar-refractivity contribution is 7.71. The minimum atomic E-state index is -4.30. The summed E-state index contributed by atoms with van der Waals surface area (Å²) in [6.45, 7) is 1.83. The Balaban J connectivity index is 2.31. The first-order valence-corrected chi connectivity index (χ1v) is 5.91. The minimum Gasteiger partial charge on any atom is -0.329 e. The molecule has 0 amide bonds. The van der Waals surface area contributed by atoms with Crippen LogP contribution in [0.1, 0.15) is 18.4 Å². The van der Waals surface area contributed by atoms with Gasteiger partial charge in [-0.25, -0.2) is 4.98 Å². The monoisotopic (exact) mass is 273 g/mol. The fraction of sp³-hybridized carbons (Fsp3) is 0.455. The van der Waals surface area contributed by atoms with Gasteiger partial charge in [-0.05, 0) is 43.6 Å². The molecule has 7 heteroatoms. The first kappa shape index (κ1) is 11.7. The summed E-state index contributed by atoms with van der Waals surface area (Å²) in [6, 6.07) is 1.75. The van der Waals surface area contributed by atoms with E-state index in [1.54, 1.807) is 12.3 Å². The second-order valence-electron chi connectivity index (χ2n) is 4.68. The molecule has 0 aromatic carbocycles. The van der Waals surface area contributed by atoms with Gasteiger partial charge in [-0.15, -0.1) is 0 Å². The zero-order valence-electron chi connectivity index (χ0n) is 9.51. The van der Waals surface area contributed by atoms with Crippen molar-refractivity contribution in [1.82, 2.24) is 14.5 Å². The van der Waals surface area contributed by atoms with Crippen LogP contribution < -0.4 is 0 Å². The Labute approximate surface area is 106 Å². The third kappa shape index (κ3) is 1.43. The van der Waals surface area contributed by atoms with Crippen molar-refractivity contribution < 1.29 is 13.2 Å². The van der Waals surface area contributed by atoms with Crippen LogP contribution in [0.3, 0.4) is 0 Å². The zero-order chi connectivity index (χ0) is 13.1. The third-order valence-corrected chi connectivity index (χ3v) is 3.62. The number of halogens is 3. The molecule has 3 nitrogen and oxygen atoms in total. The van der Waals surface area contributed by atoms with E-state index < -0.39 is 11.7 Å². The summed E-state index contributed by atoms with van der Waals surface area (Å²) in [5.74, 6) is 0. The van der Waals surface area contributed by atoms with Crippen molar-refractivity contribution in [1.29, 1.82) is 0 Å². The van der Waals surface area contributed by atoms with Crippen LogP contribution in [0.5, 0.6) is 0 Å². The molecule has 0 bridgehead atoms. The third-order valence-electron chi connectivity index (χ3n) is 3.34. The molecule has 2 aromatic heterocycles. The molecule has 2 aromatic rings. The highest BCUT2D eigenvalue weighted by atomic mass is 32.1. The van der Waals surface area contributed by atoms with E-state index in [0.29, 0.717) is 5.52 Å². The van der Waals surface area contributed by atoms with E-state index in [0.717, 1.165) is 10.1 Å². The fourth-order valence-electron chi connectivity index (χ4n) is 2.25. The molecule has 1 aliphatic carbocycles. The minimum absolute atomic E-state index is 0.0628. The number of aryl methyl sites for hydroxylation is 1. The van der Waals surface area contributed by atoms with Gasteiger partial charge < -0.3 is 4.98 Å². The Kier molecular flexibility index (Phi) is 2.17. The average molecular weight is 273 g/mol. The van der Waals surface area contributed by atoms with Crippen molar-refractivity contribution in [2.45, 2.75) is 31.5 Å². The van der Waals surface area contributed by atoms with Gasteiger partial charge >= 0.3 is 6.18 Å². The lowest BCUT2D eigenvalue weighted by atomic mass is 10.2. The van der Waals surface area contributed by atoms with E-state index in [9.17, 15) is 13.2 Å². The second-order valence-corrected chi connectivity index (χ2v) is 5.07. The molecule has 1 aliphatic rings. The van der Waals surface area contributed by atoms with Gasteiger partial charge in [-0.1, -0.05) is 0 Å². The number of imidazole rings is 1. The number of aromatic amines is 1. The van der Waals surface area contributed by atoms with Crippen molar-refractivity contribution in [3.8, 4) is 0 Å². The van der Waals surface area contributed by atoms with Crippen LogP contribution in [0, 0.1) is 11.7 Å². The van der Waals surface area contributed by atoms with Crippen LogP contribution in [-0.4, -0.2) is 20.7 Å². The molecule has 1 saturated carbocycles. The largest absolute Gasteiger partial charge is 0.412 e. The van der Waals surface area contributed by atoms with Crippen LogP contribution in [0.15, 0.2) is 12.3 Å². The molecule has 0 spiro atoms. The number of nitrogens with zero attached hydrogens (tertiary/aromatic N) is 2. The molecular weight excluding hydrogens is 263 g/mol. The lowest BCUT2D eigenvalue weighted by molar-refractivity contribution is -0.179. The van der Waals surface area contributed by atoms with Gasteiger partial charge in [0.2, 0.25) is 0 Å². The Hall–Kier alpha value is -1.37. The van der Waals surface area contributed by atoms with Gasteiger partial charge in [0.25, 0.3) is 0 Å². The number of pyridine rings is 1. The van der Waals surface area contributed by atoms with E-state index in [4.69, 9.17) is 12.2 Å². The first-order valence-electron chi connectivity index (χ1n) is 5.50. The molecule has 96 valence electrons. The molecule has 0 radical (unpaired) electrons. The number of nitrogens with one attached hydrogen (secondary N) is 1. The summed E-state index contributed by atoms with van der Waals surface area (Å²) < 4.78 is 40.6. The molecule has 0 unspecified atom stereocenters. The second kappa shape index (κ2) is 3.34. The SMILES string of the molecule is Cc1cnc2c(c1)[nH]c(=S)n2C1(C(F)(F)F)CC1. The van der Waals surface area contributed by atoms with E-state index in [1.165, 1.54) is 0 Å². The van der Waals surface area contributed by atoms with Crippen molar-refractivity contribution in [2.24, 2.45) is 0 Å². The molecule has 18 heavy (non-hydrogen) atoms. The maximum atomic E-state index is 13.1. The van der Waals surface area contributed by atoms with Gasteiger partial charge in [0.1, 0.15) is 5.54 Å². The molecule has 0 saturated heterocycles. The number of hydrogen-bond donors (Lipinski definition) is 1. The smallest absolute Gasteiger partial charge is 0.329 e. The highest BCUT2D eigenvalue weighted by Gasteiger charge is 2.65. The summed E-state index contributed by atoms with van der Waals surface area (Å²) in [7, 11) is 0. The lowest BCUT2D eigenvalue weighted by Crippen LogP contribution is -2.35. The van der Waals surface area contributed by atoms with E-state index in [2.05, 4.69) is 9.97 Å². The molecule has 2 heterocycles. The fourth-order valence-corrected chi connectivity index (χ4v) is 2.62. The van der Waals surface area contributed by atoms with Gasteiger partial charge in [0, 0.05) is 6.20 Å². The predicted molar refractivity (Wildman–Crippen MR) is 62.9 cm³/mol. The van der Waals surface area contributed by atoms with Gasteiger partial charge in [-0.3, -0.25) is 4.57 Å². The van der Waals surface area contributed by atoms with E-state index in [1.807, 2.05) is 6.92 Å². The van der Waals surface area contributed by atoms with E-state index in [-0.39, 0.29) is 23.3 Å². The molecule has 1 fully saturated rings. The van der Waals surface area contributed by atoms with Crippen LogP contribution in [0.4, 0.5) is 13.2 Å². The van der Waals surface area contributed by atoms with Crippen molar-refractivity contribution in [3.05, 3.63) is 22.6 Å². The summed E-state index contributed by atoms with van der Waals surface area (Å²) in [4.78, 5) is 6.89. The molecule has 0 aliphatic heterocycles. The quantitative estimate of drug-likeness (QED) is 0.807. The summed E-state index contributed by atoms with van der Waals surface area (Å²) in [5.41, 5.74) is -0.149. The van der Waals surface area contributed by atoms with Crippen molar-refractivity contribution in [2.75, 3.05) is 0 Å². The predicted octanol–water partition coefficient (Wildman–Crippen LogP) is 3.45. The maximum Gasteiger partial charge on any atom is 0.412 e. The normalized spacial score (nSPS) is 18.2. The van der Waals surface area contributed by atoms with Crippen LogP contribution in [0.25, 0.3) is 11.2 Å². The number of rotatable bonds is 1. The molecular formula is C11H10F3N3S. The molecule has 1 N–H and O–H groups in total. The molecule has 0 atom stereocenters. The average Bonchev–Trinajstić information content (AvgIpc) is 2.97. The summed E-state index contributed by atoms with van der Waals surface area (Å²) in [5, 5.41) is 0. The summed E-state index contributed by atoms with van der Waals surface area (Å²) in [6.07, 6.45) is -2.62. The highest BCUT2D eigenvalue weighted by Crippen LogP contribution is 2.56. The van der Waals surface area contributed by atoms with Crippen molar-refractivity contribution >= 4 is 23.4 Å². The number of aromatic nitrogens is 3. The number of hydrogen-bond acceptors (Lipinski definition) is 2. The Morgan fingerprint density at radius 1 is 1.44 bits per heavy atom. The molecule has 3 rings (SSSR count). The number of alkyl halides is 3. The van der Waals surface area contributed by atoms with Gasteiger partial charge in [0.15, 0.2) is 10.4 Å². The first-order chi connectivity index (χ1) is 8.35. The number of H-pyrrole nitrogens is 1. The Morgan fingerprint density at radius 2 is 2.11 bits per heavy atom. The summed E-state index contributed by atoms with van der Waals surface area (Å²) >= 11 is 5.02. The number of fused-ring (bicyclic) bond motifs is 1. The maximum absolute atomic E-state index is 13.1. The van der Waals surface area contributed by atoms with Gasteiger partial charge in [-0.2, -0.15) is 13.2 Å². The Bertz CT molecular complexity index is 679. The topological polar surface area (TPSA) is 33.6 Å². The van der Waals surface area contributed by atoms with E-state index >= 15 is 0 Å². The standard InChI is InChI=1S/C11H10F3N3S/c1-6-4-7-8(15-5-6)17(9(18)16-7)10(2-3-10)11(12,13)14/h4-5H,2-3H2,1H3,(H,16,18). The van der Waals surface area contributed by atoms with Crippen LogP contribution >= 0.6 is 12.2 Å². The van der Waals surface area contributed by atoms with Crippen LogP contribution in [-0.2, 0) is 5.54 Å². The van der Waals surface area contributed by atoms with Crippen LogP contribution in [0.2, 0.25) is 0 Å². The lowest BCUT2D eigenvalue weighted by Gasteiger charge is -2.21. The Morgan fingerprint density at radius 3 is 2.67 bits per heavy atom. The zero-order valence-corrected chi connectivity index (χ0v) is 10.3.